The first-order valence-corrected chi connectivity index (χ1v) is 10.5. The van der Waals surface area contributed by atoms with Crippen LogP contribution in [0.1, 0.15) is 20.8 Å². The second-order valence-electron chi connectivity index (χ2n) is 7.80. The monoisotopic (exact) mass is 426 g/mol. The number of hydrogen-bond acceptors (Lipinski definition) is 5. The van der Waals surface area contributed by atoms with Crippen molar-refractivity contribution < 1.29 is 14.3 Å². The summed E-state index contributed by atoms with van der Waals surface area (Å²) in [5, 5.41) is 5.13. The first-order valence-electron chi connectivity index (χ1n) is 10.5. The molecule has 0 spiro atoms. The topological polar surface area (TPSA) is 77.3 Å². The molecule has 1 saturated heterocycles. The number of hydrogen-bond donors (Lipinski definition) is 0. The van der Waals surface area contributed by atoms with Crippen LogP contribution in [0.3, 0.4) is 0 Å². The molecular formula is C25H22N4O3. The van der Waals surface area contributed by atoms with E-state index in [-0.39, 0.29) is 5.91 Å². The zero-order valence-electron chi connectivity index (χ0n) is 17.7. The zero-order chi connectivity index (χ0) is 22.1. The summed E-state index contributed by atoms with van der Waals surface area (Å²) >= 11 is 0. The summed E-state index contributed by atoms with van der Waals surface area (Å²) in [5.41, 5.74) is 5.39. The molecule has 0 atom stereocenters. The lowest BCUT2D eigenvalue weighted by atomic mass is 9.92. The molecule has 4 aromatic rings. The molecule has 2 aromatic heterocycles. The van der Waals surface area contributed by atoms with Crippen molar-refractivity contribution in [2.75, 3.05) is 26.3 Å². The number of amides is 1. The highest BCUT2D eigenvalue weighted by Gasteiger charge is 2.20. The van der Waals surface area contributed by atoms with Crippen molar-refractivity contribution in [3.05, 3.63) is 72.2 Å². The third kappa shape index (κ3) is 3.67. The van der Waals surface area contributed by atoms with E-state index in [1.807, 2.05) is 55.8 Å². The Morgan fingerprint density at radius 1 is 1.03 bits per heavy atom. The molecule has 0 unspecified atom stereocenters. The van der Waals surface area contributed by atoms with Crippen LogP contribution >= 0.6 is 0 Å². The Labute approximate surface area is 185 Å². The van der Waals surface area contributed by atoms with E-state index in [2.05, 4.69) is 10.1 Å². The van der Waals surface area contributed by atoms with Crippen molar-refractivity contribution in [3.63, 3.8) is 0 Å². The number of benzene rings is 2. The van der Waals surface area contributed by atoms with Gasteiger partial charge in [0.2, 0.25) is 0 Å². The molecule has 0 N–H and O–H groups in total. The van der Waals surface area contributed by atoms with E-state index in [1.54, 1.807) is 21.7 Å². The maximum atomic E-state index is 13.1. The average molecular weight is 426 g/mol. The van der Waals surface area contributed by atoms with Crippen LogP contribution in [0, 0.1) is 0 Å². The molecule has 0 bridgehead atoms. The quantitative estimate of drug-likeness (QED) is 0.466. The Morgan fingerprint density at radius 2 is 1.81 bits per heavy atom. The van der Waals surface area contributed by atoms with Crippen LogP contribution in [0.2, 0.25) is 0 Å². The summed E-state index contributed by atoms with van der Waals surface area (Å²) in [7, 11) is 1.88. The van der Waals surface area contributed by atoms with Crippen molar-refractivity contribution in [3.8, 4) is 22.3 Å². The smallest absolute Gasteiger partial charge is 0.254 e. The fourth-order valence-corrected chi connectivity index (χ4v) is 4.14. The third-order valence-electron chi connectivity index (χ3n) is 5.73. The largest absolute Gasteiger partial charge is 0.378 e. The van der Waals surface area contributed by atoms with Crippen molar-refractivity contribution in [2.45, 2.75) is 0 Å². The fourth-order valence-electron chi connectivity index (χ4n) is 4.14. The van der Waals surface area contributed by atoms with Crippen LogP contribution in [0.4, 0.5) is 0 Å². The van der Waals surface area contributed by atoms with Gasteiger partial charge in [-0.05, 0) is 41.0 Å². The second-order valence-corrected chi connectivity index (χ2v) is 7.80. The lowest BCUT2D eigenvalue weighted by Crippen LogP contribution is -2.40. The van der Waals surface area contributed by atoms with Gasteiger partial charge < -0.3 is 9.64 Å². The minimum absolute atomic E-state index is 0.0267. The Hall–Kier alpha value is -3.84. The number of rotatable bonds is 4. The van der Waals surface area contributed by atoms with E-state index >= 15 is 0 Å². The van der Waals surface area contributed by atoms with Crippen LogP contribution in [0.15, 0.2) is 60.9 Å². The molecule has 1 fully saturated rings. The van der Waals surface area contributed by atoms with Crippen LogP contribution < -0.4 is 0 Å². The summed E-state index contributed by atoms with van der Waals surface area (Å²) in [6.45, 7) is 2.26. The van der Waals surface area contributed by atoms with Crippen molar-refractivity contribution >= 4 is 23.1 Å². The van der Waals surface area contributed by atoms with Crippen molar-refractivity contribution in [2.24, 2.45) is 7.05 Å². The molecule has 7 heteroatoms. The van der Waals surface area contributed by atoms with Crippen LogP contribution in [-0.2, 0) is 11.8 Å². The number of ether oxygens (including phenoxy) is 1. The average Bonchev–Trinajstić information content (AvgIpc) is 3.29. The highest BCUT2D eigenvalue weighted by Crippen LogP contribution is 2.36. The van der Waals surface area contributed by atoms with Gasteiger partial charge in [-0.1, -0.05) is 24.3 Å². The van der Waals surface area contributed by atoms with E-state index in [0.717, 1.165) is 33.9 Å². The Morgan fingerprint density at radius 3 is 2.53 bits per heavy atom. The van der Waals surface area contributed by atoms with Gasteiger partial charge in [-0.3, -0.25) is 14.3 Å². The summed E-state index contributed by atoms with van der Waals surface area (Å²) in [6.07, 6.45) is 4.52. The fraction of sp³-hybridized carbons (Fsp3) is 0.200. The van der Waals surface area contributed by atoms with Gasteiger partial charge in [-0.25, -0.2) is 4.98 Å². The van der Waals surface area contributed by atoms with Gasteiger partial charge in [0, 0.05) is 42.8 Å². The first kappa shape index (κ1) is 20.1. The number of pyridine rings is 1. The Balaban J connectivity index is 1.69. The van der Waals surface area contributed by atoms with Gasteiger partial charge in [-0.2, -0.15) is 5.10 Å². The second kappa shape index (κ2) is 8.36. The predicted octanol–water partition coefficient (Wildman–Crippen LogP) is 3.59. The Kier molecular flexibility index (Phi) is 5.25. The number of carbonyl (C=O) groups excluding carboxylic acids is 2. The predicted molar refractivity (Wildman–Crippen MR) is 121 cm³/mol. The number of aldehydes is 1. The van der Waals surface area contributed by atoms with Gasteiger partial charge in [0.25, 0.3) is 5.91 Å². The minimum Gasteiger partial charge on any atom is -0.378 e. The van der Waals surface area contributed by atoms with Gasteiger partial charge in [-0.15, -0.1) is 0 Å². The molecule has 1 amide bonds. The zero-order valence-corrected chi connectivity index (χ0v) is 17.7. The summed E-state index contributed by atoms with van der Waals surface area (Å²) in [5.74, 6) is -0.0267. The number of aryl methyl sites for hydroxylation is 1. The molecule has 32 heavy (non-hydrogen) atoms. The molecule has 7 nitrogen and oxygen atoms in total. The number of fused-ring (bicyclic) bond motifs is 1. The molecule has 5 rings (SSSR count). The number of morpholine rings is 1. The third-order valence-corrected chi connectivity index (χ3v) is 5.73. The highest BCUT2D eigenvalue weighted by molar-refractivity contribution is 6.05. The number of nitrogens with zero attached hydrogens (tertiary/aromatic N) is 4. The lowest BCUT2D eigenvalue weighted by Gasteiger charge is -2.27. The SMILES string of the molecule is Cn1cc(-c2ccccc2-c2cc(C=O)nc3ccc(C(=O)N4CCOCC4)cc23)cn1. The Bertz CT molecular complexity index is 1320. The van der Waals surface area contributed by atoms with Crippen LogP contribution in [-0.4, -0.2) is 58.2 Å². The number of carbonyl (C=O) groups is 2. The molecule has 1 aliphatic heterocycles. The molecule has 1 aliphatic rings. The normalized spacial score (nSPS) is 14.0. The standard InChI is InChI=1S/C25H22N4O3/c1-28-15-18(14-26-28)20-4-2-3-5-21(20)22-13-19(16-30)27-24-7-6-17(12-23(22)24)25(31)29-8-10-32-11-9-29/h2-7,12-16H,8-11H2,1H3. The molecule has 0 aliphatic carbocycles. The van der Waals surface area contributed by atoms with Crippen molar-refractivity contribution in [1.29, 1.82) is 0 Å². The first-order chi connectivity index (χ1) is 15.6. The highest BCUT2D eigenvalue weighted by atomic mass is 16.5. The van der Waals surface area contributed by atoms with Crippen molar-refractivity contribution in [1.82, 2.24) is 19.7 Å². The van der Waals surface area contributed by atoms with Gasteiger partial charge in [0.05, 0.1) is 24.9 Å². The van der Waals surface area contributed by atoms with Gasteiger partial charge in [0.1, 0.15) is 5.69 Å². The minimum atomic E-state index is -0.0267. The molecule has 2 aromatic carbocycles. The molecule has 0 radical (unpaired) electrons. The summed E-state index contributed by atoms with van der Waals surface area (Å²) in [6, 6.07) is 15.2. The van der Waals surface area contributed by atoms with E-state index in [0.29, 0.717) is 43.1 Å². The summed E-state index contributed by atoms with van der Waals surface area (Å²) in [4.78, 5) is 31.0. The van der Waals surface area contributed by atoms with Gasteiger partial charge in [0.15, 0.2) is 6.29 Å². The molecule has 3 heterocycles. The van der Waals surface area contributed by atoms with E-state index in [4.69, 9.17) is 4.74 Å². The van der Waals surface area contributed by atoms with E-state index in [1.165, 1.54) is 0 Å². The maximum Gasteiger partial charge on any atom is 0.254 e. The molecular weight excluding hydrogens is 404 g/mol. The number of aromatic nitrogens is 3. The lowest BCUT2D eigenvalue weighted by molar-refractivity contribution is 0.0303. The van der Waals surface area contributed by atoms with Crippen LogP contribution in [0.25, 0.3) is 33.2 Å². The summed E-state index contributed by atoms with van der Waals surface area (Å²) < 4.78 is 7.13. The molecule has 160 valence electrons. The van der Waals surface area contributed by atoms with Gasteiger partial charge >= 0.3 is 0 Å². The molecule has 0 saturated carbocycles. The maximum absolute atomic E-state index is 13.1. The van der Waals surface area contributed by atoms with E-state index < -0.39 is 0 Å². The van der Waals surface area contributed by atoms with E-state index in [9.17, 15) is 9.59 Å². The van der Waals surface area contributed by atoms with Crippen LogP contribution in [0.5, 0.6) is 0 Å².